The van der Waals surface area contributed by atoms with Gasteiger partial charge in [0.25, 0.3) is 20.2 Å². The summed E-state index contributed by atoms with van der Waals surface area (Å²) in [7, 11) is -7.70. The van der Waals surface area contributed by atoms with Crippen molar-refractivity contribution in [1.29, 1.82) is 0 Å². The van der Waals surface area contributed by atoms with Crippen LogP contribution in [0.1, 0.15) is 12.8 Å². The summed E-state index contributed by atoms with van der Waals surface area (Å²) in [5, 5.41) is 0. The van der Waals surface area contributed by atoms with E-state index >= 15 is 0 Å². The maximum absolute atomic E-state index is 11.9. The molecule has 2 aliphatic heterocycles. The van der Waals surface area contributed by atoms with Gasteiger partial charge in [0.1, 0.15) is 12.2 Å². The maximum Gasteiger partial charge on any atom is 0.297 e. The van der Waals surface area contributed by atoms with E-state index in [0.717, 1.165) is 0 Å². The van der Waals surface area contributed by atoms with Crippen LogP contribution in [0.3, 0.4) is 0 Å². The molecule has 1 aliphatic carbocycles. The quantitative estimate of drug-likeness (QED) is 0.652. The van der Waals surface area contributed by atoms with Crippen LogP contribution in [0.5, 0.6) is 0 Å². The van der Waals surface area contributed by atoms with Gasteiger partial charge < -0.3 is 0 Å². The van der Waals surface area contributed by atoms with Crippen LogP contribution in [-0.2, 0) is 28.6 Å². The average Bonchev–Trinajstić information content (AvgIpc) is 2.31. The number of hydrogen-bond acceptors (Lipinski definition) is 6. The molecule has 2 heterocycles. The van der Waals surface area contributed by atoms with Crippen molar-refractivity contribution in [2.45, 2.75) is 34.8 Å². The molecule has 1 aromatic rings. The van der Waals surface area contributed by atoms with Gasteiger partial charge in [-0.05, 0) is 37.1 Å². The molecular weight excluding hydrogens is 280 g/mol. The third-order valence-corrected chi connectivity index (χ3v) is 5.75. The van der Waals surface area contributed by atoms with E-state index in [9.17, 15) is 16.8 Å². The molecular formula is C10H10O6S2. The standard InChI is InChI=1S/C10H10O6S2/c11-17(12)7-1-2-8(4-3-7)18(13,14)16-10-6-5-9(10)15-17/h1-4,9-10H,5-6H2. The number of fused-ring (bicyclic) bond motifs is 4. The van der Waals surface area contributed by atoms with Crippen LogP contribution >= 0.6 is 0 Å². The maximum atomic E-state index is 11.9. The van der Waals surface area contributed by atoms with Crippen molar-refractivity contribution in [1.82, 2.24) is 0 Å². The summed E-state index contributed by atoms with van der Waals surface area (Å²) in [5.74, 6) is 0. The summed E-state index contributed by atoms with van der Waals surface area (Å²) in [6, 6.07) is 4.80. The lowest BCUT2D eigenvalue weighted by Crippen LogP contribution is -2.44. The third-order valence-electron chi connectivity index (χ3n) is 3.05. The highest BCUT2D eigenvalue weighted by Gasteiger charge is 2.41. The molecule has 18 heavy (non-hydrogen) atoms. The predicted molar refractivity (Wildman–Crippen MR) is 59.8 cm³/mol. The zero-order valence-corrected chi connectivity index (χ0v) is 10.8. The Morgan fingerprint density at radius 3 is 1.39 bits per heavy atom. The lowest BCUT2D eigenvalue weighted by atomic mass is 9.93. The molecule has 2 unspecified atom stereocenters. The predicted octanol–water partition coefficient (Wildman–Crippen LogP) is 0.642. The van der Waals surface area contributed by atoms with Crippen LogP contribution in [0.25, 0.3) is 0 Å². The first-order valence-electron chi connectivity index (χ1n) is 5.35. The van der Waals surface area contributed by atoms with Gasteiger partial charge in [-0.2, -0.15) is 16.8 Å². The number of rotatable bonds is 0. The number of benzene rings is 1. The molecule has 0 spiro atoms. The molecule has 1 fully saturated rings. The van der Waals surface area contributed by atoms with Crippen molar-refractivity contribution in [3.63, 3.8) is 0 Å². The van der Waals surface area contributed by atoms with Crippen molar-refractivity contribution in [3.8, 4) is 0 Å². The minimum Gasteiger partial charge on any atom is -0.260 e. The molecule has 8 heteroatoms. The molecule has 0 amide bonds. The first-order chi connectivity index (χ1) is 8.38. The second-order valence-electron chi connectivity index (χ2n) is 4.23. The van der Waals surface area contributed by atoms with E-state index in [1.165, 1.54) is 24.3 Å². The molecule has 0 radical (unpaired) electrons. The van der Waals surface area contributed by atoms with Gasteiger partial charge in [-0.1, -0.05) is 0 Å². The first kappa shape index (κ1) is 12.1. The zero-order chi connectivity index (χ0) is 13.0. The molecule has 0 aromatic heterocycles. The summed E-state index contributed by atoms with van der Waals surface area (Å²) in [6.07, 6.45) is -0.511. The molecule has 1 aromatic carbocycles. The molecule has 98 valence electrons. The Morgan fingerprint density at radius 1 is 0.778 bits per heavy atom. The average molecular weight is 290 g/mol. The van der Waals surface area contributed by atoms with Gasteiger partial charge in [-0.15, -0.1) is 0 Å². The monoisotopic (exact) mass is 290 g/mol. The van der Waals surface area contributed by atoms with Crippen LogP contribution in [0.2, 0.25) is 0 Å². The number of hydrogen-bond donors (Lipinski definition) is 0. The van der Waals surface area contributed by atoms with Crippen molar-refractivity contribution in [2.24, 2.45) is 0 Å². The molecule has 2 bridgehead atoms. The van der Waals surface area contributed by atoms with Gasteiger partial charge in [0.15, 0.2) is 0 Å². The van der Waals surface area contributed by atoms with E-state index in [1.54, 1.807) is 0 Å². The van der Waals surface area contributed by atoms with Crippen molar-refractivity contribution >= 4 is 20.2 Å². The van der Waals surface area contributed by atoms with Crippen LogP contribution in [0.4, 0.5) is 0 Å². The Morgan fingerprint density at radius 2 is 1.11 bits per heavy atom. The molecule has 0 N–H and O–H groups in total. The van der Waals surface area contributed by atoms with E-state index < -0.39 is 32.4 Å². The topological polar surface area (TPSA) is 86.7 Å². The molecule has 4 rings (SSSR count). The molecule has 1 saturated carbocycles. The Bertz CT molecular complexity index is 613. The lowest BCUT2D eigenvalue weighted by molar-refractivity contribution is -0.0125. The van der Waals surface area contributed by atoms with Gasteiger partial charge in [-0.25, -0.2) is 0 Å². The Hall–Kier alpha value is -0.960. The first-order valence-corrected chi connectivity index (χ1v) is 8.17. The normalized spacial score (nSPS) is 32.2. The molecule has 0 saturated heterocycles. The van der Waals surface area contributed by atoms with E-state index in [-0.39, 0.29) is 9.79 Å². The SMILES string of the molecule is O=S1(=O)OC2CCC2OS(=O)(=O)c2ccc1cc2. The minimum atomic E-state index is -3.85. The fraction of sp³-hybridized carbons (Fsp3) is 0.400. The van der Waals surface area contributed by atoms with Crippen LogP contribution in [0.15, 0.2) is 34.1 Å². The second-order valence-corrected chi connectivity index (χ2v) is 7.37. The Labute approximate surface area is 105 Å². The third kappa shape index (κ3) is 1.85. The van der Waals surface area contributed by atoms with E-state index in [4.69, 9.17) is 8.37 Å². The van der Waals surface area contributed by atoms with Crippen molar-refractivity contribution in [2.75, 3.05) is 0 Å². The Balaban J connectivity index is 2.17. The summed E-state index contributed by atoms with van der Waals surface area (Å²) in [5.41, 5.74) is 0. The molecule has 3 aliphatic rings. The van der Waals surface area contributed by atoms with E-state index in [2.05, 4.69) is 0 Å². The van der Waals surface area contributed by atoms with Crippen molar-refractivity contribution < 1.29 is 25.2 Å². The fourth-order valence-electron chi connectivity index (χ4n) is 1.87. The summed E-state index contributed by atoms with van der Waals surface area (Å²) < 4.78 is 57.3. The van der Waals surface area contributed by atoms with E-state index in [1.807, 2.05) is 0 Å². The minimum absolute atomic E-state index is 0.0472. The van der Waals surface area contributed by atoms with Crippen LogP contribution < -0.4 is 0 Å². The van der Waals surface area contributed by atoms with Gasteiger partial charge in [0, 0.05) is 0 Å². The van der Waals surface area contributed by atoms with E-state index in [0.29, 0.717) is 12.8 Å². The highest BCUT2D eigenvalue weighted by Crippen LogP contribution is 2.34. The highest BCUT2D eigenvalue weighted by molar-refractivity contribution is 7.87. The fourth-order valence-corrected chi connectivity index (χ4v) is 4.12. The van der Waals surface area contributed by atoms with Crippen LogP contribution in [-0.4, -0.2) is 29.0 Å². The molecule has 2 atom stereocenters. The summed E-state index contributed by atoms with van der Waals surface area (Å²) >= 11 is 0. The van der Waals surface area contributed by atoms with Gasteiger partial charge in [0.05, 0.1) is 9.79 Å². The second kappa shape index (κ2) is 3.77. The van der Waals surface area contributed by atoms with Gasteiger partial charge >= 0.3 is 0 Å². The summed E-state index contributed by atoms with van der Waals surface area (Å²) in [6.45, 7) is 0. The molecule has 6 nitrogen and oxygen atoms in total. The highest BCUT2D eigenvalue weighted by atomic mass is 32.2. The van der Waals surface area contributed by atoms with Gasteiger partial charge in [-0.3, -0.25) is 8.37 Å². The zero-order valence-electron chi connectivity index (χ0n) is 9.14. The van der Waals surface area contributed by atoms with Crippen molar-refractivity contribution in [3.05, 3.63) is 24.3 Å². The van der Waals surface area contributed by atoms with Gasteiger partial charge in [0.2, 0.25) is 0 Å². The smallest absolute Gasteiger partial charge is 0.260 e. The lowest BCUT2D eigenvalue weighted by Gasteiger charge is -2.35. The van der Waals surface area contributed by atoms with Crippen LogP contribution in [0, 0.1) is 0 Å². The largest absolute Gasteiger partial charge is 0.297 e. The Kier molecular flexibility index (Phi) is 2.53. The summed E-state index contributed by atoms with van der Waals surface area (Å²) in [4.78, 5) is -0.0944.